The molecule has 0 saturated carbocycles. The number of anilines is 1. The second kappa shape index (κ2) is 8.90. The first kappa shape index (κ1) is 19.2. The van der Waals surface area contributed by atoms with E-state index >= 15 is 0 Å². The molecule has 2 aliphatic rings. The van der Waals surface area contributed by atoms with Crippen LogP contribution in [0.5, 0.6) is 0 Å². The van der Waals surface area contributed by atoms with Gasteiger partial charge in [0.25, 0.3) is 0 Å². The highest BCUT2D eigenvalue weighted by molar-refractivity contribution is 5.79. The number of amides is 1. The summed E-state index contributed by atoms with van der Waals surface area (Å²) >= 11 is 0. The first-order valence-electron chi connectivity index (χ1n) is 10.4. The van der Waals surface area contributed by atoms with Crippen LogP contribution >= 0.6 is 0 Å². The summed E-state index contributed by atoms with van der Waals surface area (Å²) in [5, 5.41) is 0. The minimum Gasteiger partial charge on any atom is -0.372 e. The Balaban J connectivity index is 1.52. The summed E-state index contributed by atoms with van der Waals surface area (Å²) < 4.78 is 0. The van der Waals surface area contributed by atoms with Gasteiger partial charge in [-0.1, -0.05) is 12.1 Å². The molecule has 1 aromatic rings. The monoisotopic (exact) mass is 357 g/mol. The van der Waals surface area contributed by atoms with Gasteiger partial charge in [0.1, 0.15) is 0 Å². The molecule has 0 bridgehead atoms. The maximum absolute atomic E-state index is 12.8. The minimum absolute atomic E-state index is 0.275. The molecule has 2 saturated heterocycles. The second-order valence-corrected chi connectivity index (χ2v) is 8.32. The zero-order valence-corrected chi connectivity index (χ0v) is 16.8. The average molecular weight is 358 g/mol. The highest BCUT2D eigenvalue weighted by atomic mass is 16.2. The largest absolute Gasteiger partial charge is 0.372 e. The van der Waals surface area contributed by atoms with Crippen LogP contribution in [-0.4, -0.2) is 54.5 Å². The zero-order chi connectivity index (χ0) is 18.5. The van der Waals surface area contributed by atoms with Gasteiger partial charge in [0, 0.05) is 37.4 Å². The van der Waals surface area contributed by atoms with Crippen LogP contribution in [0.4, 0.5) is 5.69 Å². The first-order valence-corrected chi connectivity index (χ1v) is 10.4. The molecular formula is C22H35N3O. The Labute approximate surface area is 159 Å². The van der Waals surface area contributed by atoms with Crippen LogP contribution < -0.4 is 4.90 Å². The van der Waals surface area contributed by atoms with E-state index in [2.05, 4.69) is 59.9 Å². The molecule has 1 amide bonds. The van der Waals surface area contributed by atoms with Crippen molar-refractivity contribution in [1.29, 1.82) is 0 Å². The second-order valence-electron chi connectivity index (χ2n) is 8.32. The zero-order valence-electron chi connectivity index (χ0n) is 16.8. The van der Waals surface area contributed by atoms with Crippen molar-refractivity contribution in [1.82, 2.24) is 9.80 Å². The van der Waals surface area contributed by atoms with E-state index in [0.717, 1.165) is 19.4 Å². The fourth-order valence-electron chi connectivity index (χ4n) is 4.56. The quantitative estimate of drug-likeness (QED) is 0.800. The van der Waals surface area contributed by atoms with Crippen LogP contribution in [0.3, 0.4) is 0 Å². The van der Waals surface area contributed by atoms with Gasteiger partial charge in [-0.05, 0) is 77.1 Å². The number of carbonyl (C=O) groups is 1. The fourth-order valence-corrected chi connectivity index (χ4v) is 4.56. The van der Waals surface area contributed by atoms with E-state index in [0.29, 0.717) is 18.6 Å². The van der Waals surface area contributed by atoms with E-state index in [1.165, 1.54) is 50.0 Å². The third-order valence-electron chi connectivity index (χ3n) is 6.00. The van der Waals surface area contributed by atoms with Gasteiger partial charge < -0.3 is 9.80 Å². The van der Waals surface area contributed by atoms with Crippen LogP contribution in [0.15, 0.2) is 24.3 Å². The normalized spacial score (nSPS) is 24.2. The molecule has 4 nitrogen and oxygen atoms in total. The van der Waals surface area contributed by atoms with Gasteiger partial charge in [-0.2, -0.15) is 0 Å². The summed E-state index contributed by atoms with van der Waals surface area (Å²) in [4.78, 5) is 19.5. The van der Waals surface area contributed by atoms with Gasteiger partial charge in [-0.3, -0.25) is 9.69 Å². The lowest BCUT2D eigenvalue weighted by atomic mass is 9.97. The number of hydrogen-bond donors (Lipinski definition) is 0. The first-order chi connectivity index (χ1) is 12.5. The Morgan fingerprint density at radius 2 is 1.62 bits per heavy atom. The fraction of sp³-hybridized carbons (Fsp3) is 0.682. The number of carbonyl (C=O) groups excluding carboxylic acids is 1. The van der Waals surface area contributed by atoms with Crippen molar-refractivity contribution in [3.63, 3.8) is 0 Å². The molecule has 0 spiro atoms. The summed E-state index contributed by atoms with van der Waals surface area (Å²) in [7, 11) is 2.05. The number of rotatable bonds is 5. The van der Waals surface area contributed by atoms with E-state index in [1.807, 2.05) is 0 Å². The molecule has 2 atom stereocenters. The van der Waals surface area contributed by atoms with Gasteiger partial charge in [-0.25, -0.2) is 0 Å². The standard InChI is InChI=1S/C22H35N3O/c1-18-8-7-9-19(2)25(18)22(26)17-23(3)16-20-10-12-21(13-11-20)24-14-5-4-6-15-24/h10-13,18-19H,4-9,14-17H2,1-3H3. The molecule has 0 aromatic heterocycles. The summed E-state index contributed by atoms with van der Waals surface area (Å²) in [6.07, 6.45) is 7.49. The van der Waals surface area contributed by atoms with E-state index in [9.17, 15) is 4.79 Å². The Bertz CT molecular complexity index is 570. The van der Waals surface area contributed by atoms with Crippen LogP contribution in [0.1, 0.15) is 57.9 Å². The third kappa shape index (κ3) is 4.79. The summed E-state index contributed by atoms with van der Waals surface area (Å²) in [5.41, 5.74) is 2.61. The van der Waals surface area contributed by atoms with Gasteiger partial charge in [0.15, 0.2) is 0 Å². The number of likely N-dealkylation sites (tertiary alicyclic amines) is 1. The van der Waals surface area contributed by atoms with Crippen molar-refractivity contribution in [2.45, 2.75) is 71.0 Å². The topological polar surface area (TPSA) is 26.8 Å². The lowest BCUT2D eigenvalue weighted by molar-refractivity contribution is -0.138. The molecule has 2 fully saturated rings. The van der Waals surface area contributed by atoms with E-state index < -0.39 is 0 Å². The summed E-state index contributed by atoms with van der Waals surface area (Å²) in [6, 6.07) is 9.68. The molecule has 1 aromatic carbocycles. The molecule has 4 heteroatoms. The number of benzene rings is 1. The van der Waals surface area contributed by atoms with E-state index in [1.54, 1.807) is 0 Å². The maximum Gasteiger partial charge on any atom is 0.237 e. The average Bonchev–Trinajstić information content (AvgIpc) is 2.63. The van der Waals surface area contributed by atoms with Crippen LogP contribution in [0.25, 0.3) is 0 Å². The molecule has 144 valence electrons. The molecule has 26 heavy (non-hydrogen) atoms. The molecule has 2 aliphatic heterocycles. The Hall–Kier alpha value is -1.55. The number of hydrogen-bond acceptors (Lipinski definition) is 3. The van der Waals surface area contributed by atoms with Crippen molar-refractivity contribution >= 4 is 11.6 Å². The minimum atomic E-state index is 0.275. The number of piperidine rings is 2. The summed E-state index contributed by atoms with van der Waals surface area (Å²) in [6.45, 7) is 8.06. The smallest absolute Gasteiger partial charge is 0.237 e. The molecule has 3 rings (SSSR count). The Morgan fingerprint density at radius 1 is 1.00 bits per heavy atom. The molecule has 2 heterocycles. The highest BCUT2D eigenvalue weighted by Gasteiger charge is 2.29. The molecule has 0 N–H and O–H groups in total. The van der Waals surface area contributed by atoms with Crippen molar-refractivity contribution in [3.05, 3.63) is 29.8 Å². The Morgan fingerprint density at radius 3 is 2.23 bits per heavy atom. The van der Waals surface area contributed by atoms with Crippen molar-refractivity contribution in [2.75, 3.05) is 31.6 Å². The molecule has 2 unspecified atom stereocenters. The van der Waals surface area contributed by atoms with Crippen molar-refractivity contribution in [3.8, 4) is 0 Å². The summed E-state index contributed by atoms with van der Waals surface area (Å²) in [5.74, 6) is 0.275. The van der Waals surface area contributed by atoms with E-state index in [4.69, 9.17) is 0 Å². The molecule has 0 aliphatic carbocycles. The van der Waals surface area contributed by atoms with Gasteiger partial charge in [0.2, 0.25) is 5.91 Å². The Kier molecular flexibility index (Phi) is 6.58. The maximum atomic E-state index is 12.8. The van der Waals surface area contributed by atoms with Crippen LogP contribution in [0.2, 0.25) is 0 Å². The van der Waals surface area contributed by atoms with Crippen molar-refractivity contribution < 1.29 is 4.79 Å². The lowest BCUT2D eigenvalue weighted by Gasteiger charge is -2.39. The lowest BCUT2D eigenvalue weighted by Crippen LogP contribution is -2.50. The van der Waals surface area contributed by atoms with Crippen LogP contribution in [0, 0.1) is 0 Å². The van der Waals surface area contributed by atoms with Crippen LogP contribution in [-0.2, 0) is 11.3 Å². The van der Waals surface area contributed by atoms with Gasteiger partial charge in [-0.15, -0.1) is 0 Å². The SMILES string of the molecule is CC1CCCC(C)N1C(=O)CN(C)Cc1ccc(N2CCCCC2)cc1. The number of nitrogens with zero attached hydrogens (tertiary/aromatic N) is 3. The van der Waals surface area contributed by atoms with E-state index in [-0.39, 0.29) is 5.91 Å². The molecular weight excluding hydrogens is 322 g/mol. The van der Waals surface area contributed by atoms with Gasteiger partial charge >= 0.3 is 0 Å². The predicted molar refractivity (Wildman–Crippen MR) is 108 cm³/mol. The van der Waals surface area contributed by atoms with Crippen molar-refractivity contribution in [2.24, 2.45) is 0 Å². The molecule has 0 radical (unpaired) electrons. The van der Waals surface area contributed by atoms with Gasteiger partial charge in [0.05, 0.1) is 6.54 Å². The predicted octanol–water partition coefficient (Wildman–Crippen LogP) is 3.90. The number of likely N-dealkylation sites (N-methyl/N-ethyl adjacent to an activating group) is 1. The third-order valence-corrected chi connectivity index (χ3v) is 6.00. The highest BCUT2D eigenvalue weighted by Crippen LogP contribution is 2.23.